The van der Waals surface area contributed by atoms with Gasteiger partial charge in [-0.3, -0.25) is 0 Å². The van der Waals surface area contributed by atoms with E-state index in [0.29, 0.717) is 10.6 Å². The molecule has 2 aromatic carbocycles. The molecule has 0 bridgehead atoms. The summed E-state index contributed by atoms with van der Waals surface area (Å²) < 4.78 is 4.77. The molecule has 0 spiro atoms. The molecule has 0 fully saturated rings. The number of hydrogen-bond acceptors (Lipinski definition) is 3. The van der Waals surface area contributed by atoms with Gasteiger partial charge in [-0.1, -0.05) is 41.9 Å². The summed E-state index contributed by atoms with van der Waals surface area (Å²) in [5.74, 6) is 0.435. The van der Waals surface area contributed by atoms with E-state index in [2.05, 4.69) is 12.1 Å². The van der Waals surface area contributed by atoms with Gasteiger partial charge in [-0.2, -0.15) is 0 Å². The minimum Gasteiger partial charge on any atom is -0.465 e. The quantitative estimate of drug-likeness (QED) is 0.616. The number of carbonyl (C=O) groups is 1. The lowest BCUT2D eigenvalue weighted by Crippen LogP contribution is -2.03. The Kier molecular flexibility index (Phi) is 4.88. The first kappa shape index (κ1) is 14.0. The van der Waals surface area contributed by atoms with Crippen LogP contribution < -0.4 is 0 Å². The van der Waals surface area contributed by atoms with Crippen LogP contribution in [0.3, 0.4) is 0 Å². The van der Waals surface area contributed by atoms with Crippen LogP contribution >= 0.6 is 23.4 Å². The van der Waals surface area contributed by atoms with E-state index < -0.39 is 0 Å². The van der Waals surface area contributed by atoms with Crippen molar-refractivity contribution < 1.29 is 9.53 Å². The van der Waals surface area contributed by atoms with Crippen molar-refractivity contribution >= 4 is 29.3 Å². The molecule has 0 N–H and O–H groups in total. The summed E-state index contributed by atoms with van der Waals surface area (Å²) >= 11 is 7.51. The van der Waals surface area contributed by atoms with Gasteiger partial charge in [0.15, 0.2) is 0 Å². The molecule has 19 heavy (non-hydrogen) atoms. The summed E-state index contributed by atoms with van der Waals surface area (Å²) in [5.41, 5.74) is 1.72. The van der Waals surface area contributed by atoms with Gasteiger partial charge in [-0.25, -0.2) is 4.79 Å². The largest absolute Gasteiger partial charge is 0.465 e. The highest BCUT2D eigenvalue weighted by Gasteiger charge is 2.12. The van der Waals surface area contributed by atoms with E-state index in [-0.39, 0.29) is 5.97 Å². The first-order chi connectivity index (χ1) is 9.20. The van der Waals surface area contributed by atoms with E-state index in [9.17, 15) is 4.79 Å². The minimum absolute atomic E-state index is 0.363. The Labute approximate surface area is 121 Å². The number of esters is 1. The maximum Gasteiger partial charge on any atom is 0.339 e. The number of halogens is 1. The maximum absolute atomic E-state index is 11.7. The summed E-state index contributed by atoms with van der Waals surface area (Å²) in [6, 6.07) is 15.4. The van der Waals surface area contributed by atoms with E-state index in [1.54, 1.807) is 23.9 Å². The highest BCUT2D eigenvalue weighted by atomic mass is 35.5. The third-order valence-corrected chi connectivity index (χ3v) is 3.96. The third kappa shape index (κ3) is 3.75. The Morgan fingerprint density at radius 3 is 2.63 bits per heavy atom. The Morgan fingerprint density at radius 1 is 1.21 bits per heavy atom. The van der Waals surface area contributed by atoms with Crippen LogP contribution in [-0.4, -0.2) is 13.1 Å². The number of thioether (sulfide) groups is 1. The fourth-order valence-corrected chi connectivity index (χ4v) is 2.78. The van der Waals surface area contributed by atoms with Crippen LogP contribution in [0.4, 0.5) is 0 Å². The molecule has 0 saturated heterocycles. The molecule has 2 nitrogen and oxygen atoms in total. The molecule has 2 aromatic rings. The third-order valence-electron chi connectivity index (χ3n) is 2.58. The van der Waals surface area contributed by atoms with E-state index in [4.69, 9.17) is 16.3 Å². The number of rotatable bonds is 4. The molecule has 98 valence electrons. The van der Waals surface area contributed by atoms with Gasteiger partial charge in [-0.15, -0.1) is 11.8 Å². The van der Waals surface area contributed by atoms with Crippen LogP contribution in [0.25, 0.3) is 0 Å². The fraction of sp³-hybridized carbons (Fsp3) is 0.133. The number of benzene rings is 2. The smallest absolute Gasteiger partial charge is 0.339 e. The van der Waals surface area contributed by atoms with Gasteiger partial charge in [0.25, 0.3) is 0 Å². The standard InChI is InChI=1S/C15H13ClO2S/c1-18-15(17)13-9-12(16)7-8-14(13)19-10-11-5-3-2-4-6-11/h2-9H,10H2,1H3. The molecule has 2 rings (SSSR count). The second-order valence-electron chi connectivity index (χ2n) is 3.91. The van der Waals surface area contributed by atoms with Crippen molar-refractivity contribution in [2.45, 2.75) is 10.6 Å². The van der Waals surface area contributed by atoms with E-state index >= 15 is 0 Å². The average molecular weight is 293 g/mol. The lowest BCUT2D eigenvalue weighted by molar-refractivity contribution is 0.0597. The first-order valence-electron chi connectivity index (χ1n) is 5.75. The molecular formula is C15H13ClO2S. The summed E-state index contributed by atoms with van der Waals surface area (Å²) in [6.07, 6.45) is 0. The summed E-state index contributed by atoms with van der Waals surface area (Å²) in [5, 5.41) is 0.532. The molecule has 0 saturated carbocycles. The summed E-state index contributed by atoms with van der Waals surface area (Å²) in [4.78, 5) is 12.6. The highest BCUT2D eigenvalue weighted by Crippen LogP contribution is 2.29. The van der Waals surface area contributed by atoms with Crippen LogP contribution in [0.1, 0.15) is 15.9 Å². The Bertz CT molecular complexity index is 570. The van der Waals surface area contributed by atoms with E-state index in [1.165, 1.54) is 12.7 Å². The molecule has 0 unspecified atom stereocenters. The maximum atomic E-state index is 11.7. The zero-order valence-corrected chi connectivity index (χ0v) is 12.0. The summed E-state index contributed by atoms with van der Waals surface area (Å²) in [6.45, 7) is 0. The van der Waals surface area contributed by atoms with Gasteiger partial charge in [0.1, 0.15) is 0 Å². The number of ether oxygens (including phenoxy) is 1. The van der Waals surface area contributed by atoms with Gasteiger partial charge in [0.05, 0.1) is 12.7 Å². The average Bonchev–Trinajstić information content (AvgIpc) is 2.46. The SMILES string of the molecule is COC(=O)c1cc(Cl)ccc1SCc1ccccc1. The van der Waals surface area contributed by atoms with Crippen LogP contribution in [0, 0.1) is 0 Å². The van der Waals surface area contributed by atoms with E-state index in [1.807, 2.05) is 24.3 Å². The molecule has 4 heteroatoms. The first-order valence-corrected chi connectivity index (χ1v) is 7.11. The number of methoxy groups -OCH3 is 1. The summed E-state index contributed by atoms with van der Waals surface area (Å²) in [7, 11) is 1.37. The molecule has 0 heterocycles. The fourth-order valence-electron chi connectivity index (χ4n) is 1.63. The van der Waals surface area contributed by atoms with Crippen molar-refractivity contribution in [3.05, 3.63) is 64.7 Å². The minimum atomic E-state index is -0.363. The monoisotopic (exact) mass is 292 g/mol. The molecule has 0 radical (unpaired) electrons. The molecule has 0 aliphatic heterocycles. The predicted molar refractivity (Wildman–Crippen MR) is 78.8 cm³/mol. The van der Waals surface area contributed by atoms with Gasteiger partial charge in [0, 0.05) is 15.7 Å². The Morgan fingerprint density at radius 2 is 1.95 bits per heavy atom. The van der Waals surface area contributed by atoms with Gasteiger partial charge in [0.2, 0.25) is 0 Å². The second-order valence-corrected chi connectivity index (χ2v) is 5.36. The topological polar surface area (TPSA) is 26.3 Å². The van der Waals surface area contributed by atoms with Crippen LogP contribution in [0.2, 0.25) is 5.02 Å². The molecular weight excluding hydrogens is 280 g/mol. The van der Waals surface area contributed by atoms with Gasteiger partial charge in [-0.05, 0) is 23.8 Å². The zero-order chi connectivity index (χ0) is 13.7. The van der Waals surface area contributed by atoms with Crippen molar-refractivity contribution in [2.75, 3.05) is 7.11 Å². The van der Waals surface area contributed by atoms with Crippen LogP contribution in [0.15, 0.2) is 53.4 Å². The second kappa shape index (κ2) is 6.64. The van der Waals surface area contributed by atoms with Crippen molar-refractivity contribution in [3.63, 3.8) is 0 Å². The number of carbonyl (C=O) groups excluding carboxylic acids is 1. The molecule has 0 aliphatic rings. The highest BCUT2D eigenvalue weighted by molar-refractivity contribution is 7.98. The lowest BCUT2D eigenvalue weighted by atomic mass is 10.2. The van der Waals surface area contributed by atoms with Gasteiger partial charge < -0.3 is 4.74 Å². The van der Waals surface area contributed by atoms with Crippen LogP contribution in [-0.2, 0) is 10.5 Å². The van der Waals surface area contributed by atoms with Crippen molar-refractivity contribution in [2.24, 2.45) is 0 Å². The Balaban J connectivity index is 2.18. The molecule has 0 aromatic heterocycles. The predicted octanol–water partition coefficient (Wildman–Crippen LogP) is 4.42. The van der Waals surface area contributed by atoms with Crippen molar-refractivity contribution in [1.82, 2.24) is 0 Å². The van der Waals surface area contributed by atoms with Crippen LogP contribution in [0.5, 0.6) is 0 Å². The Hall–Kier alpha value is -1.45. The van der Waals surface area contributed by atoms with Gasteiger partial charge >= 0.3 is 5.97 Å². The lowest BCUT2D eigenvalue weighted by Gasteiger charge is -2.08. The number of hydrogen-bond donors (Lipinski definition) is 0. The molecule has 0 amide bonds. The van der Waals surface area contributed by atoms with Crippen molar-refractivity contribution in [3.8, 4) is 0 Å². The normalized spacial score (nSPS) is 10.2. The van der Waals surface area contributed by atoms with E-state index in [0.717, 1.165) is 10.6 Å². The zero-order valence-electron chi connectivity index (χ0n) is 10.4. The molecule has 0 aliphatic carbocycles. The van der Waals surface area contributed by atoms with Crippen molar-refractivity contribution in [1.29, 1.82) is 0 Å². The molecule has 0 atom stereocenters.